The van der Waals surface area contributed by atoms with Gasteiger partial charge in [-0.1, -0.05) is 0 Å². The fourth-order valence-electron chi connectivity index (χ4n) is 2.29. The van der Waals surface area contributed by atoms with Crippen molar-refractivity contribution in [1.29, 1.82) is 0 Å². The van der Waals surface area contributed by atoms with Crippen LogP contribution in [0.1, 0.15) is 20.7 Å². The van der Waals surface area contributed by atoms with Crippen LogP contribution in [0.25, 0.3) is 0 Å². The van der Waals surface area contributed by atoms with Gasteiger partial charge in [0.1, 0.15) is 11.4 Å². The van der Waals surface area contributed by atoms with Crippen molar-refractivity contribution in [1.82, 2.24) is 0 Å². The lowest BCUT2D eigenvalue weighted by Gasteiger charge is -2.13. The molecule has 0 atom stereocenters. The van der Waals surface area contributed by atoms with Gasteiger partial charge in [0.05, 0.1) is 10.5 Å². The van der Waals surface area contributed by atoms with E-state index in [4.69, 9.17) is 4.74 Å². The zero-order valence-electron chi connectivity index (χ0n) is 14.9. The lowest BCUT2D eigenvalue weighted by Crippen LogP contribution is -2.15. The van der Waals surface area contributed by atoms with Crippen molar-refractivity contribution in [2.24, 2.45) is 0 Å². The molecule has 0 aliphatic carbocycles. The van der Waals surface area contributed by atoms with Crippen molar-refractivity contribution < 1.29 is 32.8 Å². The molecule has 0 aromatic heterocycles. The van der Waals surface area contributed by atoms with Crippen molar-refractivity contribution >= 4 is 23.1 Å². The van der Waals surface area contributed by atoms with Crippen molar-refractivity contribution in [3.63, 3.8) is 0 Å². The Morgan fingerprint density at radius 3 is 2.25 bits per heavy atom. The molecule has 2 aromatic rings. The van der Waals surface area contributed by atoms with Crippen LogP contribution < -0.4 is 9.64 Å². The fourth-order valence-corrected chi connectivity index (χ4v) is 2.29. The summed E-state index contributed by atoms with van der Waals surface area (Å²) in [5.74, 6) is -1.59. The molecule has 8 nitrogen and oxygen atoms in total. The van der Waals surface area contributed by atoms with Gasteiger partial charge in [0.25, 0.3) is 5.69 Å². The smallest absolute Gasteiger partial charge is 0.387 e. The zero-order valence-corrected chi connectivity index (χ0v) is 14.9. The zero-order chi connectivity index (χ0) is 20.8. The number of nitro benzene ring substituents is 1. The number of carbonyl (C=O) groups is 2. The van der Waals surface area contributed by atoms with Crippen molar-refractivity contribution in [3.05, 3.63) is 63.7 Å². The summed E-state index contributed by atoms with van der Waals surface area (Å²) >= 11 is 0. The quantitative estimate of drug-likeness (QED) is 0.293. The molecule has 0 aliphatic rings. The second-order valence-electron chi connectivity index (χ2n) is 5.76. The topological polar surface area (TPSA) is 99.0 Å². The summed E-state index contributed by atoms with van der Waals surface area (Å²) < 4.78 is 33.3. The van der Waals surface area contributed by atoms with Gasteiger partial charge in [-0.15, -0.1) is 0 Å². The summed E-state index contributed by atoms with van der Waals surface area (Å²) in [6.45, 7) is -3.60. The number of rotatable bonds is 8. The van der Waals surface area contributed by atoms with Gasteiger partial charge in [-0.2, -0.15) is 8.78 Å². The van der Waals surface area contributed by atoms with E-state index in [1.807, 2.05) is 0 Å². The first-order valence-electron chi connectivity index (χ1n) is 7.90. The maximum absolute atomic E-state index is 12.1. The number of Topliss-reactive ketones (excluding diaryl/α,β-unsaturated/α-hetero) is 1. The third kappa shape index (κ3) is 5.22. The van der Waals surface area contributed by atoms with Crippen LogP contribution in [-0.4, -0.2) is 44.0 Å². The fraction of sp³-hybridized carbons (Fsp3) is 0.222. The molecule has 148 valence electrons. The van der Waals surface area contributed by atoms with Crippen molar-refractivity contribution in [2.45, 2.75) is 6.61 Å². The average molecular weight is 394 g/mol. The minimum absolute atomic E-state index is 0.0780. The highest BCUT2D eigenvalue weighted by atomic mass is 19.3. The molecular formula is C18H16F2N2O6. The van der Waals surface area contributed by atoms with E-state index in [0.29, 0.717) is 5.69 Å². The largest absolute Gasteiger partial charge is 0.454 e. The number of anilines is 1. The number of nitro groups is 1. The van der Waals surface area contributed by atoms with Gasteiger partial charge in [0.15, 0.2) is 12.4 Å². The Kier molecular flexibility index (Phi) is 6.59. The summed E-state index contributed by atoms with van der Waals surface area (Å²) in [5, 5.41) is 11.2. The number of hydrogen-bond acceptors (Lipinski definition) is 7. The number of ether oxygens (including phenoxy) is 2. The molecule has 0 amide bonds. The Morgan fingerprint density at radius 2 is 1.71 bits per heavy atom. The van der Waals surface area contributed by atoms with Gasteiger partial charge in [0.2, 0.25) is 0 Å². The highest BCUT2D eigenvalue weighted by Gasteiger charge is 2.20. The highest BCUT2D eigenvalue weighted by molar-refractivity contribution is 5.99. The van der Waals surface area contributed by atoms with E-state index in [2.05, 4.69) is 4.74 Å². The Labute approximate surface area is 158 Å². The van der Waals surface area contributed by atoms with E-state index >= 15 is 0 Å². The van der Waals surface area contributed by atoms with Crippen LogP contribution in [0.4, 0.5) is 20.2 Å². The van der Waals surface area contributed by atoms with Crippen LogP contribution in [0.5, 0.6) is 5.75 Å². The Bertz CT molecular complexity index is 884. The first-order chi connectivity index (χ1) is 13.2. The minimum atomic E-state index is -2.98. The SMILES string of the molecule is CN(C)c1ccc(C(=O)OCC(=O)c2ccc(OC(F)F)cc2)cc1[N+](=O)[O-]. The summed E-state index contributed by atoms with van der Waals surface area (Å²) in [5.41, 5.74) is 0.0817. The minimum Gasteiger partial charge on any atom is -0.454 e. The van der Waals surface area contributed by atoms with Crippen LogP contribution in [0.3, 0.4) is 0 Å². The average Bonchev–Trinajstić information content (AvgIpc) is 2.65. The molecule has 0 unspecified atom stereocenters. The number of nitrogens with zero attached hydrogens (tertiary/aromatic N) is 2. The molecule has 0 spiro atoms. The van der Waals surface area contributed by atoms with Gasteiger partial charge in [0, 0.05) is 25.7 Å². The summed E-state index contributed by atoms with van der Waals surface area (Å²) in [6.07, 6.45) is 0. The van der Waals surface area contributed by atoms with Crippen LogP contribution >= 0.6 is 0 Å². The van der Waals surface area contributed by atoms with Gasteiger partial charge in [-0.25, -0.2) is 4.79 Å². The van der Waals surface area contributed by atoms with Gasteiger partial charge in [-0.05, 0) is 36.4 Å². The second-order valence-corrected chi connectivity index (χ2v) is 5.76. The van der Waals surface area contributed by atoms with E-state index in [1.54, 1.807) is 14.1 Å². The maximum Gasteiger partial charge on any atom is 0.387 e. The summed E-state index contributed by atoms with van der Waals surface area (Å²) in [6, 6.07) is 8.70. The van der Waals surface area contributed by atoms with Crippen molar-refractivity contribution in [3.8, 4) is 5.75 Å². The third-order valence-electron chi connectivity index (χ3n) is 3.63. The molecular weight excluding hydrogens is 378 g/mol. The summed E-state index contributed by atoms with van der Waals surface area (Å²) in [7, 11) is 3.24. The van der Waals surface area contributed by atoms with Crippen LogP contribution in [0.2, 0.25) is 0 Å². The first kappa shape index (κ1) is 20.7. The molecule has 0 bridgehead atoms. The number of alkyl halides is 2. The predicted octanol–water partition coefficient (Wildman–Crippen LogP) is 3.30. The monoisotopic (exact) mass is 394 g/mol. The molecule has 2 aromatic carbocycles. The molecule has 0 radical (unpaired) electrons. The van der Waals surface area contributed by atoms with E-state index < -0.39 is 29.9 Å². The molecule has 0 aliphatic heterocycles. The molecule has 2 rings (SSSR count). The molecule has 10 heteroatoms. The highest BCUT2D eigenvalue weighted by Crippen LogP contribution is 2.28. The second kappa shape index (κ2) is 8.89. The number of hydrogen-bond donors (Lipinski definition) is 0. The number of esters is 1. The Hall–Kier alpha value is -3.56. The number of carbonyl (C=O) groups excluding carboxylic acids is 2. The van der Waals surface area contributed by atoms with Crippen LogP contribution in [0, 0.1) is 10.1 Å². The Balaban J connectivity index is 2.04. The molecule has 0 saturated carbocycles. The molecule has 0 N–H and O–H groups in total. The predicted molar refractivity (Wildman–Crippen MR) is 95.1 cm³/mol. The normalized spacial score (nSPS) is 10.5. The van der Waals surface area contributed by atoms with Crippen LogP contribution in [0.15, 0.2) is 42.5 Å². The van der Waals surface area contributed by atoms with Crippen LogP contribution in [-0.2, 0) is 4.74 Å². The standard InChI is InChI=1S/C18H16F2N2O6/c1-21(2)14-8-5-12(9-15(14)22(25)26)17(24)27-10-16(23)11-3-6-13(7-4-11)28-18(19)20/h3-9,18H,10H2,1-2H3. The van der Waals surface area contributed by atoms with Gasteiger partial charge < -0.3 is 14.4 Å². The lowest BCUT2D eigenvalue weighted by atomic mass is 10.1. The van der Waals surface area contributed by atoms with Gasteiger partial charge in [-0.3, -0.25) is 14.9 Å². The molecule has 0 fully saturated rings. The van der Waals surface area contributed by atoms with E-state index in [9.17, 15) is 28.5 Å². The van der Waals surface area contributed by atoms with Crippen molar-refractivity contribution in [2.75, 3.05) is 25.6 Å². The van der Waals surface area contributed by atoms with E-state index in [0.717, 1.165) is 6.07 Å². The first-order valence-corrected chi connectivity index (χ1v) is 7.90. The van der Waals surface area contributed by atoms with E-state index in [1.165, 1.54) is 41.3 Å². The Morgan fingerprint density at radius 1 is 1.11 bits per heavy atom. The summed E-state index contributed by atoms with van der Waals surface area (Å²) in [4.78, 5) is 36.2. The maximum atomic E-state index is 12.1. The molecule has 0 heterocycles. The third-order valence-corrected chi connectivity index (χ3v) is 3.63. The molecule has 0 saturated heterocycles. The van der Waals surface area contributed by atoms with Gasteiger partial charge >= 0.3 is 12.6 Å². The van der Waals surface area contributed by atoms with E-state index in [-0.39, 0.29) is 22.6 Å². The number of benzene rings is 2. The lowest BCUT2D eigenvalue weighted by molar-refractivity contribution is -0.384. The number of halogens is 2. The molecule has 28 heavy (non-hydrogen) atoms. The number of ketones is 1.